The first-order valence-corrected chi connectivity index (χ1v) is 6.03. The average molecular weight is 312 g/mol. The second-order valence-corrected chi connectivity index (χ2v) is 5.26. The normalized spacial score (nSPS) is 16.0. The molecule has 120 valence electrons. The van der Waals surface area contributed by atoms with Crippen LogP contribution in [0.5, 0.6) is 0 Å². The molecule has 0 saturated heterocycles. The summed E-state index contributed by atoms with van der Waals surface area (Å²) in [6.07, 6.45) is -3.31. The van der Waals surface area contributed by atoms with Gasteiger partial charge in [0.25, 0.3) is 0 Å². The molecule has 0 bridgehead atoms. The highest BCUT2D eigenvalue weighted by molar-refractivity contribution is 5.78. The lowest BCUT2D eigenvalue weighted by molar-refractivity contribution is -0.192. The standard InChI is InChI=1S/C10H15FN2O.C2HF3O2/c1-9(2,11)4-3-8(14)13-10(7-12)5-6-10;3-2(4,5)1(6)7/h3-6H2,1-2H3,(H,13,14);(H,6,7). The molecule has 1 aliphatic carbocycles. The fraction of sp³-hybridized carbons (Fsp3) is 0.750. The molecule has 1 saturated carbocycles. The van der Waals surface area contributed by atoms with E-state index < -0.39 is 23.4 Å². The van der Waals surface area contributed by atoms with Crippen LogP contribution in [0.15, 0.2) is 0 Å². The molecule has 1 amide bonds. The van der Waals surface area contributed by atoms with E-state index in [-0.39, 0.29) is 18.7 Å². The van der Waals surface area contributed by atoms with Crippen LogP contribution in [-0.4, -0.2) is 34.4 Å². The lowest BCUT2D eigenvalue weighted by Gasteiger charge is -2.14. The largest absolute Gasteiger partial charge is 0.490 e. The third-order valence-electron chi connectivity index (χ3n) is 2.53. The fourth-order valence-electron chi connectivity index (χ4n) is 1.13. The van der Waals surface area contributed by atoms with Crippen molar-refractivity contribution in [1.82, 2.24) is 5.32 Å². The molecular formula is C12H16F4N2O3. The maximum absolute atomic E-state index is 13.0. The molecule has 2 N–H and O–H groups in total. The number of hydrogen-bond donors (Lipinski definition) is 2. The van der Waals surface area contributed by atoms with Crippen LogP contribution in [0.4, 0.5) is 17.6 Å². The molecule has 21 heavy (non-hydrogen) atoms. The molecule has 1 rings (SSSR count). The molecule has 0 aromatic rings. The number of aliphatic carboxylic acids is 1. The highest BCUT2D eigenvalue weighted by Crippen LogP contribution is 2.34. The average Bonchev–Trinajstić information content (AvgIpc) is 3.05. The maximum atomic E-state index is 13.0. The zero-order valence-electron chi connectivity index (χ0n) is 11.6. The molecule has 0 atom stereocenters. The molecule has 9 heteroatoms. The minimum absolute atomic E-state index is 0.146. The Labute approximate surface area is 118 Å². The summed E-state index contributed by atoms with van der Waals surface area (Å²) in [7, 11) is 0. The van der Waals surface area contributed by atoms with Gasteiger partial charge in [0.1, 0.15) is 11.2 Å². The van der Waals surface area contributed by atoms with E-state index in [4.69, 9.17) is 15.2 Å². The predicted molar refractivity (Wildman–Crippen MR) is 63.8 cm³/mol. The third kappa shape index (κ3) is 8.83. The second-order valence-electron chi connectivity index (χ2n) is 5.26. The van der Waals surface area contributed by atoms with Gasteiger partial charge in [0.2, 0.25) is 5.91 Å². The summed E-state index contributed by atoms with van der Waals surface area (Å²) in [6, 6.07) is 2.05. The van der Waals surface area contributed by atoms with Gasteiger partial charge in [0.15, 0.2) is 0 Å². The number of carboxylic acids is 1. The number of alkyl halides is 4. The van der Waals surface area contributed by atoms with E-state index in [1.807, 2.05) is 0 Å². The maximum Gasteiger partial charge on any atom is 0.490 e. The van der Waals surface area contributed by atoms with Crippen LogP contribution in [0, 0.1) is 11.3 Å². The molecule has 0 aromatic carbocycles. The van der Waals surface area contributed by atoms with Gasteiger partial charge in [-0.1, -0.05) is 0 Å². The van der Waals surface area contributed by atoms with Crippen LogP contribution in [0.1, 0.15) is 39.5 Å². The van der Waals surface area contributed by atoms with E-state index in [1.165, 1.54) is 13.8 Å². The van der Waals surface area contributed by atoms with Crippen molar-refractivity contribution in [2.45, 2.75) is 56.9 Å². The van der Waals surface area contributed by atoms with Crippen LogP contribution < -0.4 is 5.32 Å². The van der Waals surface area contributed by atoms with E-state index in [9.17, 15) is 22.4 Å². The van der Waals surface area contributed by atoms with Crippen molar-refractivity contribution in [2.75, 3.05) is 0 Å². The number of nitriles is 1. The van der Waals surface area contributed by atoms with Gasteiger partial charge in [-0.2, -0.15) is 18.4 Å². The number of rotatable bonds is 4. The van der Waals surface area contributed by atoms with Crippen molar-refractivity contribution < 1.29 is 32.3 Å². The van der Waals surface area contributed by atoms with E-state index in [1.54, 1.807) is 0 Å². The third-order valence-corrected chi connectivity index (χ3v) is 2.53. The number of nitrogens with one attached hydrogen (secondary N) is 1. The first kappa shape index (κ1) is 19.1. The van der Waals surface area contributed by atoms with E-state index in [2.05, 4.69) is 11.4 Å². The summed E-state index contributed by atoms with van der Waals surface area (Å²) in [5, 5.41) is 18.4. The van der Waals surface area contributed by atoms with Gasteiger partial charge in [0.05, 0.1) is 6.07 Å². The Hall–Kier alpha value is -1.85. The molecule has 0 unspecified atom stereocenters. The molecule has 0 heterocycles. The number of halogens is 4. The van der Waals surface area contributed by atoms with Gasteiger partial charge in [-0.3, -0.25) is 4.79 Å². The van der Waals surface area contributed by atoms with Gasteiger partial charge in [-0.15, -0.1) is 0 Å². The van der Waals surface area contributed by atoms with Crippen LogP contribution >= 0.6 is 0 Å². The second kappa shape index (κ2) is 6.74. The highest BCUT2D eigenvalue weighted by Gasteiger charge is 2.44. The van der Waals surface area contributed by atoms with Crippen molar-refractivity contribution in [3.05, 3.63) is 0 Å². The monoisotopic (exact) mass is 312 g/mol. The summed E-state index contributed by atoms with van der Waals surface area (Å²) >= 11 is 0. The molecule has 5 nitrogen and oxygen atoms in total. The highest BCUT2D eigenvalue weighted by atomic mass is 19.4. The van der Waals surface area contributed by atoms with Crippen LogP contribution in [0.25, 0.3) is 0 Å². The lowest BCUT2D eigenvalue weighted by Crippen LogP contribution is -2.36. The Morgan fingerprint density at radius 3 is 1.95 bits per heavy atom. The summed E-state index contributed by atoms with van der Waals surface area (Å²) in [4.78, 5) is 20.2. The molecule has 1 fully saturated rings. The van der Waals surface area contributed by atoms with Gasteiger partial charge in [0, 0.05) is 6.42 Å². The molecule has 0 aromatic heterocycles. The van der Waals surface area contributed by atoms with Crippen molar-refractivity contribution in [3.63, 3.8) is 0 Å². The number of amides is 1. The first-order valence-electron chi connectivity index (χ1n) is 6.03. The fourth-order valence-corrected chi connectivity index (χ4v) is 1.13. The Kier molecular flexibility index (Phi) is 6.14. The number of nitrogens with zero attached hydrogens (tertiary/aromatic N) is 1. The van der Waals surface area contributed by atoms with E-state index >= 15 is 0 Å². The van der Waals surface area contributed by atoms with Crippen molar-refractivity contribution in [2.24, 2.45) is 0 Å². The topological polar surface area (TPSA) is 90.2 Å². The van der Waals surface area contributed by atoms with Gasteiger partial charge in [-0.05, 0) is 33.1 Å². The number of carbonyl (C=O) groups is 2. The molecule has 0 spiro atoms. The summed E-state index contributed by atoms with van der Waals surface area (Å²) in [6.45, 7) is 2.88. The minimum Gasteiger partial charge on any atom is -0.475 e. The zero-order valence-corrected chi connectivity index (χ0v) is 11.6. The Bertz CT molecular complexity index is 431. The van der Waals surface area contributed by atoms with Crippen LogP contribution in [0.2, 0.25) is 0 Å². The smallest absolute Gasteiger partial charge is 0.475 e. The molecule has 1 aliphatic rings. The molecular weight excluding hydrogens is 296 g/mol. The van der Waals surface area contributed by atoms with Crippen molar-refractivity contribution in [3.8, 4) is 6.07 Å². The summed E-state index contributed by atoms with van der Waals surface area (Å²) < 4.78 is 44.8. The van der Waals surface area contributed by atoms with Crippen molar-refractivity contribution in [1.29, 1.82) is 5.26 Å². The molecule has 0 radical (unpaired) electrons. The Balaban J connectivity index is 0.000000486. The number of hydrogen-bond acceptors (Lipinski definition) is 3. The summed E-state index contributed by atoms with van der Waals surface area (Å²) in [5.41, 5.74) is -1.95. The lowest BCUT2D eigenvalue weighted by atomic mass is 10.0. The van der Waals surface area contributed by atoms with Gasteiger partial charge < -0.3 is 10.4 Å². The molecule has 0 aliphatic heterocycles. The van der Waals surface area contributed by atoms with Gasteiger partial charge in [-0.25, -0.2) is 9.18 Å². The minimum atomic E-state index is -5.08. The van der Waals surface area contributed by atoms with Crippen LogP contribution in [0.3, 0.4) is 0 Å². The zero-order chi connectivity index (χ0) is 16.9. The number of carboxylic acid groups (broad SMARTS) is 1. The van der Waals surface area contributed by atoms with E-state index in [0.29, 0.717) is 12.8 Å². The summed E-state index contributed by atoms with van der Waals surface area (Å²) in [5.74, 6) is -2.98. The van der Waals surface area contributed by atoms with E-state index in [0.717, 1.165) is 0 Å². The van der Waals surface area contributed by atoms with Gasteiger partial charge >= 0.3 is 12.1 Å². The predicted octanol–water partition coefficient (Wildman–Crippen LogP) is 2.32. The Morgan fingerprint density at radius 2 is 1.71 bits per heavy atom. The number of carbonyl (C=O) groups excluding carboxylic acids is 1. The van der Waals surface area contributed by atoms with Crippen LogP contribution in [-0.2, 0) is 9.59 Å². The van der Waals surface area contributed by atoms with Crippen molar-refractivity contribution >= 4 is 11.9 Å². The quantitative estimate of drug-likeness (QED) is 0.780. The first-order chi connectivity index (χ1) is 9.31. The Morgan fingerprint density at radius 1 is 1.29 bits per heavy atom. The SMILES string of the molecule is CC(C)(F)CCC(=O)NC1(C#N)CC1.O=C(O)C(F)(F)F.